The molecule has 1 heterocycles. The highest BCUT2D eigenvalue weighted by atomic mass is 32.2. The number of pyridine rings is 1. The van der Waals surface area contributed by atoms with Crippen LogP contribution in [0.4, 0.5) is 0 Å². The summed E-state index contributed by atoms with van der Waals surface area (Å²) in [6.45, 7) is 4.57. The Kier molecular flexibility index (Phi) is 4.27. The zero-order valence-electron chi connectivity index (χ0n) is 11.0. The summed E-state index contributed by atoms with van der Waals surface area (Å²) in [6.07, 6.45) is 0. The Hall–Kier alpha value is -1.75. The summed E-state index contributed by atoms with van der Waals surface area (Å²) in [6, 6.07) is 7.85. The molecule has 0 saturated carbocycles. The maximum absolute atomic E-state index is 10.8. The predicted octanol–water partition coefficient (Wildman–Crippen LogP) is 2.52. The van der Waals surface area contributed by atoms with Crippen LogP contribution in [0.1, 0.15) is 12.5 Å². The number of primary amides is 1. The quantitative estimate of drug-likeness (QED) is 0.852. The summed E-state index contributed by atoms with van der Waals surface area (Å²) in [4.78, 5) is 15.4. The summed E-state index contributed by atoms with van der Waals surface area (Å²) in [5.74, 6) is 0.753. The van der Waals surface area contributed by atoms with E-state index in [9.17, 15) is 4.79 Å². The number of carbonyl (C=O) groups is 1. The number of aryl methyl sites for hydroxylation is 1. The van der Waals surface area contributed by atoms with Crippen LogP contribution < -0.4 is 10.5 Å². The second-order valence-electron chi connectivity index (χ2n) is 4.15. The molecule has 0 fully saturated rings. The van der Waals surface area contributed by atoms with Crippen LogP contribution in [0.5, 0.6) is 5.75 Å². The molecule has 19 heavy (non-hydrogen) atoms. The van der Waals surface area contributed by atoms with Crippen molar-refractivity contribution in [3.05, 3.63) is 29.8 Å². The minimum atomic E-state index is -0.335. The summed E-state index contributed by atoms with van der Waals surface area (Å²) in [5.41, 5.74) is 7.08. The molecule has 1 aromatic carbocycles. The summed E-state index contributed by atoms with van der Waals surface area (Å²) < 4.78 is 5.47. The normalized spacial score (nSPS) is 10.6. The van der Waals surface area contributed by atoms with E-state index >= 15 is 0 Å². The smallest absolute Gasteiger partial charge is 0.227 e. The van der Waals surface area contributed by atoms with E-state index in [1.165, 1.54) is 11.8 Å². The van der Waals surface area contributed by atoms with E-state index in [0.29, 0.717) is 6.61 Å². The summed E-state index contributed by atoms with van der Waals surface area (Å²) >= 11 is 1.37. The predicted molar refractivity (Wildman–Crippen MR) is 77.6 cm³/mol. The van der Waals surface area contributed by atoms with E-state index in [1.54, 1.807) is 0 Å². The van der Waals surface area contributed by atoms with E-state index in [2.05, 4.69) is 4.98 Å². The van der Waals surface area contributed by atoms with Gasteiger partial charge in [-0.1, -0.05) is 11.8 Å². The van der Waals surface area contributed by atoms with Crippen molar-refractivity contribution in [2.24, 2.45) is 5.73 Å². The Bertz CT molecular complexity index is 614. The summed E-state index contributed by atoms with van der Waals surface area (Å²) in [7, 11) is 0. The van der Waals surface area contributed by atoms with Gasteiger partial charge in [-0.25, -0.2) is 4.98 Å². The van der Waals surface area contributed by atoms with Gasteiger partial charge in [-0.3, -0.25) is 4.79 Å². The second-order valence-corrected chi connectivity index (χ2v) is 5.12. The molecule has 2 N–H and O–H groups in total. The number of nitrogens with zero attached hydrogens (tertiary/aromatic N) is 1. The van der Waals surface area contributed by atoms with Gasteiger partial charge in [0.05, 0.1) is 17.9 Å². The van der Waals surface area contributed by atoms with E-state index < -0.39 is 0 Å². The van der Waals surface area contributed by atoms with Crippen LogP contribution in [-0.4, -0.2) is 23.3 Å². The molecule has 100 valence electrons. The third kappa shape index (κ3) is 3.38. The molecule has 0 aliphatic carbocycles. The number of amides is 1. The number of ether oxygens (including phenoxy) is 1. The Balaban J connectivity index is 2.34. The largest absolute Gasteiger partial charge is 0.494 e. The molecule has 2 rings (SSSR count). The van der Waals surface area contributed by atoms with Gasteiger partial charge < -0.3 is 10.5 Å². The van der Waals surface area contributed by atoms with Crippen LogP contribution in [-0.2, 0) is 4.79 Å². The Labute approximate surface area is 116 Å². The van der Waals surface area contributed by atoms with Gasteiger partial charge in [0.2, 0.25) is 5.91 Å². The van der Waals surface area contributed by atoms with Gasteiger partial charge in [0, 0.05) is 5.39 Å². The standard InChI is InChI=1S/C14H16N2O2S/c1-3-18-11-4-5-12-10(7-11)6-9(2)14(16-12)19-8-13(15)17/h4-7H,3,8H2,1-2H3,(H2,15,17). The van der Waals surface area contributed by atoms with Crippen molar-refractivity contribution in [3.8, 4) is 5.75 Å². The molecule has 5 heteroatoms. The molecule has 4 nitrogen and oxygen atoms in total. The van der Waals surface area contributed by atoms with Crippen LogP contribution >= 0.6 is 11.8 Å². The zero-order valence-corrected chi connectivity index (χ0v) is 11.8. The number of thioether (sulfide) groups is 1. The number of benzene rings is 1. The van der Waals surface area contributed by atoms with Crippen molar-refractivity contribution in [2.45, 2.75) is 18.9 Å². The molecule has 0 unspecified atom stereocenters. The molecular weight excluding hydrogens is 260 g/mol. The third-order valence-electron chi connectivity index (χ3n) is 2.59. The van der Waals surface area contributed by atoms with Crippen LogP contribution in [0.2, 0.25) is 0 Å². The lowest BCUT2D eigenvalue weighted by atomic mass is 10.1. The molecule has 0 radical (unpaired) electrons. The fourth-order valence-electron chi connectivity index (χ4n) is 1.78. The molecular formula is C14H16N2O2S. The highest BCUT2D eigenvalue weighted by Gasteiger charge is 2.07. The number of hydrogen-bond acceptors (Lipinski definition) is 4. The maximum atomic E-state index is 10.8. The van der Waals surface area contributed by atoms with Crippen LogP contribution in [0, 0.1) is 6.92 Å². The van der Waals surface area contributed by atoms with Gasteiger partial charge in [-0.15, -0.1) is 0 Å². The van der Waals surface area contributed by atoms with Gasteiger partial charge in [0.25, 0.3) is 0 Å². The number of nitrogens with two attached hydrogens (primary N) is 1. The van der Waals surface area contributed by atoms with E-state index in [4.69, 9.17) is 10.5 Å². The first-order valence-corrected chi connectivity index (χ1v) is 7.04. The molecule has 0 saturated heterocycles. The van der Waals surface area contributed by atoms with E-state index in [1.807, 2.05) is 38.1 Å². The fourth-order valence-corrected chi connectivity index (χ4v) is 2.51. The minimum absolute atomic E-state index is 0.246. The third-order valence-corrected chi connectivity index (χ3v) is 3.71. The van der Waals surface area contributed by atoms with Crippen molar-refractivity contribution in [2.75, 3.05) is 12.4 Å². The first-order chi connectivity index (χ1) is 9.10. The lowest BCUT2D eigenvalue weighted by molar-refractivity contribution is -0.115. The highest BCUT2D eigenvalue weighted by molar-refractivity contribution is 7.99. The SMILES string of the molecule is CCOc1ccc2nc(SCC(N)=O)c(C)cc2c1. The average molecular weight is 276 g/mol. The Morgan fingerprint density at radius 3 is 2.89 bits per heavy atom. The number of aromatic nitrogens is 1. The second kappa shape index (κ2) is 5.93. The fraction of sp³-hybridized carbons (Fsp3) is 0.286. The van der Waals surface area contributed by atoms with Crippen molar-refractivity contribution < 1.29 is 9.53 Å². The van der Waals surface area contributed by atoms with Crippen molar-refractivity contribution in [1.29, 1.82) is 0 Å². The molecule has 0 aliphatic heterocycles. The van der Waals surface area contributed by atoms with Gasteiger partial charge in [0.1, 0.15) is 10.8 Å². The Morgan fingerprint density at radius 2 is 2.21 bits per heavy atom. The first-order valence-electron chi connectivity index (χ1n) is 6.05. The average Bonchev–Trinajstić information content (AvgIpc) is 2.36. The van der Waals surface area contributed by atoms with Gasteiger partial charge in [0.15, 0.2) is 0 Å². The van der Waals surface area contributed by atoms with E-state index in [-0.39, 0.29) is 11.7 Å². The number of rotatable bonds is 5. The molecule has 2 aromatic rings. The Morgan fingerprint density at radius 1 is 1.42 bits per heavy atom. The molecule has 0 bridgehead atoms. The molecule has 0 atom stereocenters. The van der Waals surface area contributed by atoms with Crippen molar-refractivity contribution in [3.63, 3.8) is 0 Å². The van der Waals surface area contributed by atoms with Gasteiger partial charge in [-0.05, 0) is 43.7 Å². The minimum Gasteiger partial charge on any atom is -0.494 e. The number of hydrogen-bond donors (Lipinski definition) is 1. The first kappa shape index (κ1) is 13.7. The van der Waals surface area contributed by atoms with Crippen LogP contribution in [0.3, 0.4) is 0 Å². The lowest BCUT2D eigenvalue weighted by Crippen LogP contribution is -2.13. The molecule has 1 aromatic heterocycles. The van der Waals surface area contributed by atoms with Crippen molar-refractivity contribution >= 4 is 28.6 Å². The molecule has 0 spiro atoms. The maximum Gasteiger partial charge on any atom is 0.227 e. The molecule has 0 aliphatic rings. The zero-order chi connectivity index (χ0) is 13.8. The lowest BCUT2D eigenvalue weighted by Gasteiger charge is -2.08. The number of carbonyl (C=O) groups excluding carboxylic acids is 1. The molecule has 1 amide bonds. The van der Waals surface area contributed by atoms with Crippen molar-refractivity contribution in [1.82, 2.24) is 4.98 Å². The summed E-state index contributed by atoms with van der Waals surface area (Å²) in [5, 5.41) is 1.88. The van der Waals surface area contributed by atoms with Gasteiger partial charge in [-0.2, -0.15) is 0 Å². The highest BCUT2D eigenvalue weighted by Crippen LogP contribution is 2.26. The van der Waals surface area contributed by atoms with Crippen LogP contribution in [0.25, 0.3) is 10.9 Å². The van der Waals surface area contributed by atoms with Gasteiger partial charge >= 0.3 is 0 Å². The van der Waals surface area contributed by atoms with E-state index in [0.717, 1.165) is 27.2 Å². The van der Waals surface area contributed by atoms with Crippen LogP contribution in [0.15, 0.2) is 29.3 Å². The number of fused-ring (bicyclic) bond motifs is 1. The topological polar surface area (TPSA) is 65.2 Å². The monoisotopic (exact) mass is 276 g/mol.